The van der Waals surface area contributed by atoms with E-state index in [-0.39, 0.29) is 5.91 Å². The van der Waals surface area contributed by atoms with E-state index < -0.39 is 0 Å². The molecular formula is C30H30N8O. The molecule has 9 nitrogen and oxygen atoms in total. The van der Waals surface area contributed by atoms with Gasteiger partial charge in [0, 0.05) is 73.8 Å². The van der Waals surface area contributed by atoms with Crippen molar-refractivity contribution in [3.8, 4) is 17.3 Å². The number of piperazine rings is 1. The minimum atomic E-state index is -0.170. The summed E-state index contributed by atoms with van der Waals surface area (Å²) >= 11 is 0. The SMILES string of the molecule is Cc1ccc(NC(=O)c2ccc(CN3CCN(CC#N)CC3)cc2)cc1Nc1nccc(-c2cccnc2)n1. The number of benzene rings is 2. The zero-order chi connectivity index (χ0) is 27.0. The average Bonchev–Trinajstić information content (AvgIpc) is 2.97. The molecule has 1 aliphatic rings. The fraction of sp³-hybridized carbons (Fsp3) is 0.233. The van der Waals surface area contributed by atoms with Crippen LogP contribution in [0.4, 0.5) is 17.3 Å². The molecule has 0 saturated carbocycles. The van der Waals surface area contributed by atoms with Crippen LogP contribution in [0.3, 0.4) is 0 Å². The van der Waals surface area contributed by atoms with Crippen molar-refractivity contribution in [3.05, 3.63) is 95.9 Å². The Kier molecular flexibility index (Phi) is 8.17. The monoisotopic (exact) mass is 518 g/mol. The Morgan fingerprint density at radius 2 is 1.79 bits per heavy atom. The first-order chi connectivity index (χ1) is 19.1. The first kappa shape index (κ1) is 26.0. The highest BCUT2D eigenvalue weighted by molar-refractivity contribution is 6.04. The van der Waals surface area contributed by atoms with E-state index in [1.54, 1.807) is 18.6 Å². The smallest absolute Gasteiger partial charge is 0.255 e. The standard InChI is InChI=1S/C30H30N8O/c1-22-4-9-26(19-28(22)36-30-33-13-10-27(35-30)25-3-2-12-32-20-25)34-29(39)24-7-5-23(6-8-24)21-38-17-15-37(14-11-31)16-18-38/h2-10,12-13,19-20H,14-18,21H2,1H3,(H,34,39)(H,33,35,36). The fourth-order valence-corrected chi connectivity index (χ4v) is 4.48. The lowest BCUT2D eigenvalue weighted by Crippen LogP contribution is -2.45. The van der Waals surface area contributed by atoms with E-state index in [0.29, 0.717) is 23.7 Å². The lowest BCUT2D eigenvalue weighted by Gasteiger charge is -2.33. The quantitative estimate of drug-likeness (QED) is 0.329. The summed E-state index contributed by atoms with van der Waals surface area (Å²) in [4.78, 5) is 30.6. The number of carbonyl (C=O) groups is 1. The summed E-state index contributed by atoms with van der Waals surface area (Å²) in [5, 5.41) is 15.1. The molecule has 39 heavy (non-hydrogen) atoms. The summed E-state index contributed by atoms with van der Waals surface area (Å²) in [5.41, 5.74) is 5.92. The third-order valence-electron chi connectivity index (χ3n) is 6.74. The molecule has 4 aromatic rings. The third kappa shape index (κ3) is 6.82. The van der Waals surface area contributed by atoms with Crippen molar-refractivity contribution in [2.75, 3.05) is 43.4 Å². The van der Waals surface area contributed by atoms with Crippen molar-refractivity contribution in [3.63, 3.8) is 0 Å². The highest BCUT2D eigenvalue weighted by Gasteiger charge is 2.17. The van der Waals surface area contributed by atoms with Crippen LogP contribution in [0.15, 0.2) is 79.3 Å². The summed E-state index contributed by atoms with van der Waals surface area (Å²) < 4.78 is 0. The molecule has 1 saturated heterocycles. The topological polar surface area (TPSA) is 110 Å². The Morgan fingerprint density at radius 1 is 1.00 bits per heavy atom. The number of rotatable bonds is 8. The van der Waals surface area contributed by atoms with Crippen molar-refractivity contribution in [2.24, 2.45) is 0 Å². The van der Waals surface area contributed by atoms with Gasteiger partial charge in [-0.3, -0.25) is 19.6 Å². The zero-order valence-electron chi connectivity index (χ0n) is 21.8. The van der Waals surface area contributed by atoms with Gasteiger partial charge in [-0.05, 0) is 60.5 Å². The number of nitrogens with one attached hydrogen (secondary N) is 2. The van der Waals surface area contributed by atoms with Gasteiger partial charge >= 0.3 is 0 Å². The van der Waals surface area contributed by atoms with Crippen molar-refractivity contribution in [1.29, 1.82) is 5.26 Å². The fourth-order valence-electron chi connectivity index (χ4n) is 4.48. The minimum absolute atomic E-state index is 0.170. The molecule has 3 heterocycles. The number of hydrogen-bond donors (Lipinski definition) is 2. The Balaban J connectivity index is 1.20. The summed E-state index contributed by atoms with van der Waals surface area (Å²) in [5.74, 6) is 0.293. The van der Waals surface area contributed by atoms with Gasteiger partial charge in [0.25, 0.3) is 5.91 Å². The Morgan fingerprint density at radius 3 is 2.54 bits per heavy atom. The lowest BCUT2D eigenvalue weighted by atomic mass is 10.1. The number of pyridine rings is 1. The Labute approximate surface area is 228 Å². The lowest BCUT2D eigenvalue weighted by molar-refractivity contribution is 0.102. The molecule has 196 valence electrons. The number of aryl methyl sites for hydroxylation is 1. The molecule has 1 aliphatic heterocycles. The average molecular weight is 519 g/mol. The molecule has 0 unspecified atom stereocenters. The van der Waals surface area contributed by atoms with Crippen LogP contribution in [0.1, 0.15) is 21.5 Å². The second-order valence-corrected chi connectivity index (χ2v) is 9.52. The molecule has 2 N–H and O–H groups in total. The van der Waals surface area contributed by atoms with Gasteiger partial charge in [-0.1, -0.05) is 18.2 Å². The van der Waals surface area contributed by atoms with E-state index in [4.69, 9.17) is 5.26 Å². The van der Waals surface area contributed by atoms with Crippen molar-refractivity contribution in [1.82, 2.24) is 24.8 Å². The molecule has 0 spiro atoms. The first-order valence-electron chi connectivity index (χ1n) is 12.9. The normalized spacial score (nSPS) is 13.9. The summed E-state index contributed by atoms with van der Waals surface area (Å²) in [6, 6.07) is 21.3. The number of aromatic nitrogens is 3. The van der Waals surface area contributed by atoms with E-state index in [2.05, 4.69) is 41.5 Å². The van der Waals surface area contributed by atoms with Crippen LogP contribution in [-0.4, -0.2) is 63.4 Å². The van der Waals surface area contributed by atoms with Crippen molar-refractivity contribution >= 4 is 23.2 Å². The van der Waals surface area contributed by atoms with Crippen LogP contribution in [-0.2, 0) is 6.54 Å². The molecule has 1 fully saturated rings. The highest BCUT2D eigenvalue weighted by Crippen LogP contribution is 2.25. The van der Waals surface area contributed by atoms with Gasteiger partial charge in [0.15, 0.2) is 0 Å². The van der Waals surface area contributed by atoms with Gasteiger partial charge in [0.2, 0.25) is 5.95 Å². The highest BCUT2D eigenvalue weighted by atomic mass is 16.1. The van der Waals surface area contributed by atoms with Gasteiger partial charge in [-0.2, -0.15) is 5.26 Å². The molecule has 0 bridgehead atoms. The summed E-state index contributed by atoms with van der Waals surface area (Å²) in [6.45, 7) is 7.00. The predicted molar refractivity (Wildman–Crippen MR) is 151 cm³/mol. The van der Waals surface area contributed by atoms with Gasteiger partial charge in [0.05, 0.1) is 18.3 Å². The van der Waals surface area contributed by atoms with E-state index in [0.717, 1.165) is 60.8 Å². The van der Waals surface area contributed by atoms with Crippen LogP contribution in [0.5, 0.6) is 0 Å². The second kappa shape index (κ2) is 12.3. The largest absolute Gasteiger partial charge is 0.324 e. The van der Waals surface area contributed by atoms with Crippen LogP contribution >= 0.6 is 0 Å². The Bertz CT molecular complexity index is 1460. The third-order valence-corrected chi connectivity index (χ3v) is 6.74. The molecule has 9 heteroatoms. The van der Waals surface area contributed by atoms with Crippen LogP contribution in [0, 0.1) is 18.3 Å². The number of anilines is 3. The molecule has 2 aromatic heterocycles. The molecule has 5 rings (SSSR count). The van der Waals surface area contributed by atoms with E-state index >= 15 is 0 Å². The van der Waals surface area contributed by atoms with Gasteiger partial charge in [-0.15, -0.1) is 0 Å². The van der Waals surface area contributed by atoms with Crippen molar-refractivity contribution < 1.29 is 4.79 Å². The van der Waals surface area contributed by atoms with E-state index in [1.807, 2.05) is 67.6 Å². The minimum Gasteiger partial charge on any atom is -0.324 e. The van der Waals surface area contributed by atoms with Crippen LogP contribution in [0.2, 0.25) is 0 Å². The molecule has 2 aromatic carbocycles. The van der Waals surface area contributed by atoms with Crippen LogP contribution in [0.25, 0.3) is 11.3 Å². The predicted octanol–water partition coefficient (Wildman–Crippen LogP) is 4.48. The second-order valence-electron chi connectivity index (χ2n) is 9.52. The maximum Gasteiger partial charge on any atom is 0.255 e. The number of hydrogen-bond acceptors (Lipinski definition) is 8. The number of nitriles is 1. The number of amides is 1. The maximum atomic E-state index is 13.0. The van der Waals surface area contributed by atoms with E-state index in [1.165, 1.54) is 0 Å². The van der Waals surface area contributed by atoms with Gasteiger partial charge < -0.3 is 10.6 Å². The van der Waals surface area contributed by atoms with E-state index in [9.17, 15) is 4.79 Å². The summed E-state index contributed by atoms with van der Waals surface area (Å²) in [7, 11) is 0. The Hall–Kier alpha value is -4.65. The molecule has 0 atom stereocenters. The maximum absolute atomic E-state index is 13.0. The van der Waals surface area contributed by atoms with Gasteiger partial charge in [-0.25, -0.2) is 9.97 Å². The number of nitrogens with zero attached hydrogens (tertiary/aromatic N) is 6. The molecule has 0 radical (unpaired) electrons. The molecular weight excluding hydrogens is 488 g/mol. The first-order valence-corrected chi connectivity index (χ1v) is 12.9. The zero-order valence-corrected chi connectivity index (χ0v) is 21.8. The van der Waals surface area contributed by atoms with Gasteiger partial charge in [0.1, 0.15) is 0 Å². The van der Waals surface area contributed by atoms with Crippen LogP contribution < -0.4 is 10.6 Å². The van der Waals surface area contributed by atoms with Crippen molar-refractivity contribution in [2.45, 2.75) is 13.5 Å². The number of carbonyl (C=O) groups excluding carboxylic acids is 1. The molecule has 0 aliphatic carbocycles. The molecule has 1 amide bonds. The summed E-state index contributed by atoms with van der Waals surface area (Å²) in [6.07, 6.45) is 5.19.